The molecule has 0 saturated carbocycles. The van der Waals surface area contributed by atoms with E-state index in [2.05, 4.69) is 10.3 Å². The lowest BCUT2D eigenvalue weighted by Gasteiger charge is -2.14. The lowest BCUT2D eigenvalue weighted by atomic mass is 10.2. The van der Waals surface area contributed by atoms with Crippen molar-refractivity contribution in [3.8, 4) is 11.5 Å². The van der Waals surface area contributed by atoms with Gasteiger partial charge in [0.05, 0.1) is 31.9 Å². The number of anilines is 2. The minimum atomic E-state index is 0.633. The molecule has 1 heterocycles. The van der Waals surface area contributed by atoms with Gasteiger partial charge in [-0.1, -0.05) is 0 Å². The van der Waals surface area contributed by atoms with Gasteiger partial charge < -0.3 is 25.1 Å². The van der Waals surface area contributed by atoms with Crippen LogP contribution in [0.5, 0.6) is 11.5 Å². The molecule has 6 nitrogen and oxygen atoms in total. The molecule has 0 bridgehead atoms. The molecule has 0 aliphatic rings. The average molecular weight is 276 g/mol. The van der Waals surface area contributed by atoms with Gasteiger partial charge in [-0.2, -0.15) is 0 Å². The molecule has 0 unspecified atom stereocenters. The number of aromatic nitrogens is 2. The van der Waals surface area contributed by atoms with Crippen LogP contribution in [0.1, 0.15) is 6.42 Å². The van der Waals surface area contributed by atoms with Crippen LogP contribution in [0.2, 0.25) is 0 Å². The van der Waals surface area contributed by atoms with Crippen LogP contribution in [0.15, 0.2) is 30.9 Å². The van der Waals surface area contributed by atoms with Crippen LogP contribution in [0.4, 0.5) is 11.4 Å². The van der Waals surface area contributed by atoms with Gasteiger partial charge in [0.25, 0.3) is 0 Å². The van der Waals surface area contributed by atoms with Crippen molar-refractivity contribution in [3.05, 3.63) is 30.9 Å². The molecule has 1 aromatic heterocycles. The summed E-state index contributed by atoms with van der Waals surface area (Å²) in [6.45, 7) is 1.73. The third-order valence-corrected chi connectivity index (χ3v) is 3.02. The Hall–Kier alpha value is -2.37. The summed E-state index contributed by atoms with van der Waals surface area (Å²) in [6.07, 6.45) is 6.51. The number of nitrogens with one attached hydrogen (secondary N) is 1. The van der Waals surface area contributed by atoms with Gasteiger partial charge in [-0.25, -0.2) is 4.98 Å². The number of aryl methyl sites for hydroxylation is 1. The van der Waals surface area contributed by atoms with Gasteiger partial charge >= 0.3 is 0 Å². The molecule has 20 heavy (non-hydrogen) atoms. The molecule has 0 aliphatic carbocycles. The number of ether oxygens (including phenoxy) is 2. The molecular weight excluding hydrogens is 256 g/mol. The van der Waals surface area contributed by atoms with Crippen LogP contribution < -0.4 is 20.5 Å². The predicted octanol–water partition coefficient (Wildman–Crippen LogP) is 1.98. The number of hydrogen-bond donors (Lipinski definition) is 2. The van der Waals surface area contributed by atoms with Gasteiger partial charge in [-0.05, 0) is 6.42 Å². The first-order valence-corrected chi connectivity index (χ1v) is 6.45. The second kappa shape index (κ2) is 6.70. The fourth-order valence-electron chi connectivity index (χ4n) is 1.95. The summed E-state index contributed by atoms with van der Waals surface area (Å²) in [6, 6.07) is 3.61. The normalized spacial score (nSPS) is 10.3. The smallest absolute Gasteiger partial charge is 0.162 e. The van der Waals surface area contributed by atoms with Crippen molar-refractivity contribution in [2.75, 3.05) is 31.8 Å². The van der Waals surface area contributed by atoms with Crippen molar-refractivity contribution in [2.45, 2.75) is 13.0 Å². The largest absolute Gasteiger partial charge is 0.493 e. The molecule has 0 radical (unpaired) electrons. The van der Waals surface area contributed by atoms with Crippen LogP contribution in [-0.4, -0.2) is 30.3 Å². The highest BCUT2D eigenvalue weighted by atomic mass is 16.5. The Balaban J connectivity index is 1.92. The van der Waals surface area contributed by atoms with Gasteiger partial charge in [-0.3, -0.25) is 0 Å². The summed E-state index contributed by atoms with van der Waals surface area (Å²) in [5.74, 6) is 1.30. The Morgan fingerprint density at radius 1 is 1.25 bits per heavy atom. The highest BCUT2D eigenvalue weighted by molar-refractivity contribution is 5.71. The first kappa shape index (κ1) is 14.0. The van der Waals surface area contributed by atoms with E-state index >= 15 is 0 Å². The molecule has 6 heteroatoms. The number of rotatable bonds is 7. The minimum Gasteiger partial charge on any atom is -0.493 e. The molecule has 0 aliphatic heterocycles. The Kier molecular flexibility index (Phi) is 4.70. The maximum absolute atomic E-state index is 5.98. The molecule has 0 atom stereocenters. The molecule has 2 rings (SSSR count). The van der Waals surface area contributed by atoms with Crippen molar-refractivity contribution < 1.29 is 9.47 Å². The fourth-order valence-corrected chi connectivity index (χ4v) is 1.95. The summed E-state index contributed by atoms with van der Waals surface area (Å²) >= 11 is 0. The number of nitrogens with two attached hydrogens (primary N) is 1. The molecule has 108 valence electrons. The SMILES string of the molecule is COc1cc(N)c(NCCCn2ccnc2)cc1OC. The highest BCUT2D eigenvalue weighted by Crippen LogP contribution is 2.34. The van der Waals surface area contributed by atoms with E-state index in [0.717, 1.165) is 25.2 Å². The zero-order valence-electron chi connectivity index (χ0n) is 11.8. The van der Waals surface area contributed by atoms with E-state index in [1.807, 2.05) is 23.2 Å². The number of nitrogens with zero attached hydrogens (tertiary/aromatic N) is 2. The second-order valence-electron chi connectivity index (χ2n) is 4.38. The summed E-state index contributed by atoms with van der Waals surface area (Å²) in [5.41, 5.74) is 7.48. The molecule has 0 spiro atoms. The third-order valence-electron chi connectivity index (χ3n) is 3.02. The van der Waals surface area contributed by atoms with E-state index in [1.54, 1.807) is 26.5 Å². The number of nitrogen functional groups attached to an aromatic ring is 1. The topological polar surface area (TPSA) is 74.3 Å². The first-order chi connectivity index (χ1) is 9.74. The second-order valence-corrected chi connectivity index (χ2v) is 4.38. The number of benzene rings is 1. The highest BCUT2D eigenvalue weighted by Gasteiger charge is 2.08. The van der Waals surface area contributed by atoms with Crippen LogP contribution >= 0.6 is 0 Å². The van der Waals surface area contributed by atoms with Gasteiger partial charge in [0.15, 0.2) is 11.5 Å². The van der Waals surface area contributed by atoms with Gasteiger partial charge in [0, 0.05) is 37.6 Å². The van der Waals surface area contributed by atoms with E-state index in [4.69, 9.17) is 15.2 Å². The van der Waals surface area contributed by atoms with Crippen molar-refractivity contribution in [2.24, 2.45) is 0 Å². The first-order valence-electron chi connectivity index (χ1n) is 6.45. The van der Waals surface area contributed by atoms with Crippen LogP contribution in [0, 0.1) is 0 Å². The maximum atomic E-state index is 5.98. The standard InChI is InChI=1S/C14H20N4O2/c1-19-13-8-11(15)12(9-14(13)20-2)17-4-3-6-18-7-5-16-10-18/h5,7-10,17H,3-4,6,15H2,1-2H3. The molecule has 2 aromatic rings. The molecule has 0 saturated heterocycles. The fraction of sp³-hybridized carbons (Fsp3) is 0.357. The maximum Gasteiger partial charge on any atom is 0.162 e. The quantitative estimate of drug-likeness (QED) is 0.597. The molecule has 1 aromatic carbocycles. The molecular formula is C14H20N4O2. The van der Waals surface area contributed by atoms with Gasteiger partial charge in [-0.15, -0.1) is 0 Å². The summed E-state index contributed by atoms with van der Waals surface area (Å²) in [4.78, 5) is 4.01. The zero-order valence-corrected chi connectivity index (χ0v) is 11.8. The molecule has 0 fully saturated rings. The Morgan fingerprint density at radius 3 is 2.65 bits per heavy atom. The Bertz CT molecular complexity index is 540. The summed E-state index contributed by atoms with van der Waals surface area (Å²) in [5, 5.41) is 3.31. The Labute approximate surface area is 118 Å². The van der Waals surface area contributed by atoms with Crippen LogP contribution in [-0.2, 0) is 6.54 Å². The van der Waals surface area contributed by atoms with Crippen molar-refractivity contribution in [1.29, 1.82) is 0 Å². The average Bonchev–Trinajstić information content (AvgIpc) is 2.97. The lowest BCUT2D eigenvalue weighted by molar-refractivity contribution is 0.355. The summed E-state index contributed by atoms with van der Waals surface area (Å²) in [7, 11) is 3.20. The van der Waals surface area contributed by atoms with E-state index in [1.165, 1.54) is 0 Å². The van der Waals surface area contributed by atoms with E-state index in [9.17, 15) is 0 Å². The third kappa shape index (κ3) is 3.34. The van der Waals surface area contributed by atoms with Crippen LogP contribution in [0.25, 0.3) is 0 Å². The van der Waals surface area contributed by atoms with E-state index < -0.39 is 0 Å². The van der Waals surface area contributed by atoms with E-state index in [-0.39, 0.29) is 0 Å². The molecule has 3 N–H and O–H groups in total. The number of hydrogen-bond acceptors (Lipinski definition) is 5. The Morgan fingerprint density at radius 2 is 2.00 bits per heavy atom. The minimum absolute atomic E-state index is 0.633. The zero-order chi connectivity index (χ0) is 14.4. The number of methoxy groups -OCH3 is 2. The predicted molar refractivity (Wildman–Crippen MR) is 79.3 cm³/mol. The van der Waals surface area contributed by atoms with Crippen molar-refractivity contribution in [1.82, 2.24) is 9.55 Å². The lowest BCUT2D eigenvalue weighted by Crippen LogP contribution is -2.08. The monoisotopic (exact) mass is 276 g/mol. The van der Waals surface area contributed by atoms with Gasteiger partial charge in [0.2, 0.25) is 0 Å². The van der Waals surface area contributed by atoms with Crippen LogP contribution in [0.3, 0.4) is 0 Å². The summed E-state index contributed by atoms with van der Waals surface area (Å²) < 4.78 is 12.5. The van der Waals surface area contributed by atoms with Crippen molar-refractivity contribution >= 4 is 11.4 Å². The van der Waals surface area contributed by atoms with E-state index in [0.29, 0.717) is 17.2 Å². The van der Waals surface area contributed by atoms with Gasteiger partial charge in [0.1, 0.15) is 0 Å². The van der Waals surface area contributed by atoms with Crippen molar-refractivity contribution in [3.63, 3.8) is 0 Å². The number of imidazole rings is 1. The molecule has 0 amide bonds.